The largest absolute Gasteiger partial charge is 0.532 e. The maximum absolute atomic E-state index is 9.52. The van der Waals surface area contributed by atoms with Gasteiger partial charge in [0.2, 0.25) is 5.91 Å². The molecule has 23 heavy (non-hydrogen) atoms. The summed E-state index contributed by atoms with van der Waals surface area (Å²) in [6.45, 7) is 0. The summed E-state index contributed by atoms with van der Waals surface area (Å²) in [7, 11) is 0. The molecular weight excluding hydrogens is 523 g/mol. The van der Waals surface area contributed by atoms with E-state index in [4.69, 9.17) is 28.7 Å². The van der Waals surface area contributed by atoms with Gasteiger partial charge in [-0.1, -0.05) is 5.69 Å². The zero-order valence-electron chi connectivity index (χ0n) is 12.0. The summed E-state index contributed by atoms with van der Waals surface area (Å²) in [5.41, 5.74) is 29.7. The number of phenols is 2. The van der Waals surface area contributed by atoms with Gasteiger partial charge < -0.3 is 38.0 Å². The number of nitrogens with one attached hydrogen (secondary N) is 2. The third kappa shape index (κ3) is 4.72. The van der Waals surface area contributed by atoms with Crippen molar-refractivity contribution < 1.29 is 40.2 Å². The first-order chi connectivity index (χ1) is 10.2. The van der Waals surface area contributed by atoms with Gasteiger partial charge in [0.15, 0.2) is 5.75 Å². The first-order valence-electron chi connectivity index (χ1n) is 6.20. The molecule has 2 aromatic carbocycles. The van der Waals surface area contributed by atoms with Crippen LogP contribution in [0.15, 0.2) is 24.3 Å². The van der Waals surface area contributed by atoms with E-state index in [0.717, 1.165) is 0 Å². The number of benzene rings is 2. The van der Waals surface area contributed by atoms with Crippen LogP contribution in [0.3, 0.4) is 0 Å². The molecule has 0 amide bonds. The predicted octanol–water partition coefficient (Wildman–Crippen LogP) is -0.303. The van der Waals surface area contributed by atoms with Crippen molar-refractivity contribution >= 4 is 28.4 Å². The van der Waals surface area contributed by atoms with E-state index in [-0.39, 0.29) is 58.5 Å². The summed E-state index contributed by atoms with van der Waals surface area (Å²) < 4.78 is 0. The molecule has 1 radical (unpaired) electrons. The van der Waals surface area contributed by atoms with Crippen LogP contribution in [-0.4, -0.2) is 16.1 Å². The van der Waals surface area contributed by atoms with Crippen LogP contribution in [0.1, 0.15) is 0 Å². The average Bonchev–Trinajstić information content (AvgIpc) is 2.39. The molecule has 0 saturated carbocycles. The Kier molecular flexibility index (Phi) is 5.82. The van der Waals surface area contributed by atoms with Gasteiger partial charge >= 0.3 is 0 Å². The minimum Gasteiger partial charge on any atom is -0.532 e. The molecule has 0 fully saturated rings. The topological polar surface area (TPSA) is 195 Å². The van der Waals surface area contributed by atoms with Crippen LogP contribution in [0.25, 0.3) is 0 Å². The molecule has 0 atom stereocenters. The standard InChI is InChI=1S/C13H18N7O2.Np/c14-8-3-6(1-2-11(8)21)19-13(17,18)20-7-4-9(15)12(22)10(16)5-7;/h1,3-5,19-22H,14-18H2;/q-1;. The molecule has 10 heteroatoms. The molecule has 9 nitrogen and oxygen atoms in total. The maximum Gasteiger partial charge on any atom is 0.208 e. The Morgan fingerprint density at radius 2 is 1.35 bits per heavy atom. The number of nitrogen functional groups attached to an aromatic ring is 3. The Balaban J connectivity index is 0.00000264. The number of rotatable bonds is 4. The molecule has 2 rings (SSSR count). The van der Waals surface area contributed by atoms with Gasteiger partial charge in [-0.05, 0) is 17.8 Å². The Morgan fingerprint density at radius 1 is 0.870 bits per heavy atom. The second-order valence-electron chi connectivity index (χ2n) is 4.81. The fraction of sp³-hybridized carbons (Fsp3) is 0.0769. The molecule has 0 unspecified atom stereocenters. The molecule has 0 saturated heterocycles. The normalized spacial score (nSPS) is 10.7. The molecule has 123 valence electrons. The fourth-order valence-corrected chi connectivity index (χ4v) is 1.84. The third-order valence-electron chi connectivity index (χ3n) is 2.82. The van der Waals surface area contributed by atoms with E-state index in [1.807, 2.05) is 0 Å². The van der Waals surface area contributed by atoms with Crippen molar-refractivity contribution in [2.45, 2.75) is 5.91 Å². The van der Waals surface area contributed by atoms with Crippen molar-refractivity contribution in [2.75, 3.05) is 27.8 Å². The van der Waals surface area contributed by atoms with Gasteiger partial charge in [-0.15, -0.1) is 12.1 Å². The zero-order chi connectivity index (χ0) is 16.5. The Labute approximate surface area is 155 Å². The number of phenolic OH excluding ortho intramolecular Hbond substituents is 2. The van der Waals surface area contributed by atoms with E-state index in [2.05, 4.69) is 16.7 Å². The van der Waals surface area contributed by atoms with E-state index >= 15 is 0 Å². The van der Waals surface area contributed by atoms with Gasteiger partial charge in [0.1, 0.15) is 0 Å². The van der Waals surface area contributed by atoms with Crippen LogP contribution in [-0.2, 0) is 0 Å². The Hall–Kier alpha value is -2.03. The molecule has 2 aromatic rings. The van der Waals surface area contributed by atoms with Crippen molar-refractivity contribution in [3.8, 4) is 11.5 Å². The Morgan fingerprint density at radius 3 is 1.87 bits per heavy atom. The summed E-state index contributed by atoms with van der Waals surface area (Å²) >= 11 is 0. The van der Waals surface area contributed by atoms with Gasteiger partial charge in [-0.25, -0.2) is 0 Å². The first kappa shape index (κ1) is 19.0. The molecule has 0 aromatic heterocycles. The molecule has 0 bridgehead atoms. The first-order valence-corrected chi connectivity index (χ1v) is 6.20. The maximum atomic E-state index is 9.52. The molecule has 0 aliphatic heterocycles. The van der Waals surface area contributed by atoms with Crippen molar-refractivity contribution in [1.29, 1.82) is 0 Å². The molecule has 0 heterocycles. The SMILES string of the molecule is Nc1cc(NC(N)(N)Nc2cc(N)c(O)c(N)c2)c[c-]c1O.[Np]. The molecule has 0 aliphatic carbocycles. The molecule has 0 spiro atoms. The van der Waals surface area contributed by atoms with E-state index < -0.39 is 5.91 Å². The van der Waals surface area contributed by atoms with E-state index in [1.54, 1.807) is 0 Å². The van der Waals surface area contributed by atoms with Gasteiger partial charge in [0.25, 0.3) is 0 Å². The monoisotopic (exact) mass is 540 g/mol. The minimum absolute atomic E-state index is 0. The quantitative estimate of drug-likeness (QED) is 0.0821. The number of aromatic hydroxyl groups is 2. The van der Waals surface area contributed by atoms with E-state index in [1.165, 1.54) is 24.3 Å². The van der Waals surface area contributed by atoms with Crippen molar-refractivity contribution in [1.82, 2.24) is 0 Å². The van der Waals surface area contributed by atoms with Crippen LogP contribution in [0.5, 0.6) is 11.5 Å². The summed E-state index contributed by atoms with van der Waals surface area (Å²) in [4.78, 5) is 0. The second kappa shape index (κ2) is 7.03. The van der Waals surface area contributed by atoms with Gasteiger partial charge in [0, 0.05) is 41.4 Å². The molecule has 0 aliphatic rings. The van der Waals surface area contributed by atoms with Crippen LogP contribution in [0.2, 0.25) is 0 Å². The summed E-state index contributed by atoms with van der Waals surface area (Å²) in [6.07, 6.45) is 0. The summed E-state index contributed by atoms with van der Waals surface area (Å²) in [6, 6.07) is 8.27. The van der Waals surface area contributed by atoms with Crippen molar-refractivity contribution in [3.05, 3.63) is 30.3 Å². The number of hydrogen-bond acceptors (Lipinski definition) is 9. The third-order valence-corrected chi connectivity index (χ3v) is 2.82. The molecule has 14 N–H and O–H groups in total. The van der Waals surface area contributed by atoms with Crippen LogP contribution in [0.4, 0.5) is 28.4 Å². The van der Waals surface area contributed by atoms with E-state index in [0.29, 0.717) is 11.4 Å². The van der Waals surface area contributed by atoms with Gasteiger partial charge in [-0.2, -0.15) is 6.07 Å². The Bertz CT molecular complexity index is 686. The van der Waals surface area contributed by atoms with Crippen LogP contribution in [0, 0.1) is 36.0 Å². The van der Waals surface area contributed by atoms with Crippen molar-refractivity contribution in [3.63, 3.8) is 0 Å². The number of hydrogen-bond donors (Lipinski definition) is 9. The number of nitrogens with two attached hydrogens (primary N) is 5. The predicted molar refractivity (Wildman–Crippen MR) is 86.6 cm³/mol. The fourth-order valence-electron chi connectivity index (χ4n) is 1.84. The zero-order valence-corrected chi connectivity index (χ0v) is 15.8. The molecular formula is C13H18N7NpO2-. The van der Waals surface area contributed by atoms with Crippen LogP contribution < -0.4 is 39.3 Å². The minimum atomic E-state index is -1.58. The average molecular weight is 541 g/mol. The van der Waals surface area contributed by atoms with E-state index in [9.17, 15) is 10.2 Å². The smallest absolute Gasteiger partial charge is 0.208 e. The van der Waals surface area contributed by atoms with Gasteiger partial charge in [0.05, 0.1) is 11.4 Å². The second-order valence-corrected chi connectivity index (χ2v) is 4.81. The van der Waals surface area contributed by atoms with Crippen LogP contribution >= 0.6 is 0 Å². The van der Waals surface area contributed by atoms with Gasteiger partial charge in [-0.3, -0.25) is 11.5 Å². The number of anilines is 5. The van der Waals surface area contributed by atoms with Crippen molar-refractivity contribution in [2.24, 2.45) is 11.5 Å². The summed E-state index contributed by atoms with van der Waals surface area (Å²) in [5.74, 6) is -1.95. The summed E-state index contributed by atoms with van der Waals surface area (Å²) in [5, 5.41) is 24.4.